The highest BCUT2D eigenvalue weighted by molar-refractivity contribution is 6.21. The third-order valence-corrected chi connectivity index (χ3v) is 4.18. The molecule has 2 amide bonds. The fraction of sp³-hybridized carbons (Fsp3) is 0.100. The van der Waals surface area contributed by atoms with Crippen LogP contribution in [-0.2, 0) is 17.9 Å². The Kier molecular flexibility index (Phi) is 4.25. The van der Waals surface area contributed by atoms with Crippen LogP contribution in [0.1, 0.15) is 42.5 Å². The molecule has 1 aromatic carbocycles. The number of hydrogen-bond acceptors (Lipinski definition) is 6. The molecular formula is C20H14N2O5. The fourth-order valence-corrected chi connectivity index (χ4v) is 2.83. The number of hydrogen-bond donors (Lipinski definition) is 0. The van der Waals surface area contributed by atoms with Crippen LogP contribution in [0.25, 0.3) is 0 Å². The molecule has 1 aliphatic heterocycles. The van der Waals surface area contributed by atoms with Crippen molar-refractivity contribution in [3.63, 3.8) is 0 Å². The van der Waals surface area contributed by atoms with E-state index in [0.717, 1.165) is 4.90 Å². The van der Waals surface area contributed by atoms with E-state index in [-0.39, 0.29) is 29.8 Å². The number of ether oxygens (including phenoxy) is 1. The van der Waals surface area contributed by atoms with Crippen molar-refractivity contribution in [2.24, 2.45) is 0 Å². The molecule has 0 bridgehead atoms. The summed E-state index contributed by atoms with van der Waals surface area (Å²) in [6, 6.07) is 13.0. The van der Waals surface area contributed by atoms with Crippen LogP contribution in [0.3, 0.4) is 0 Å². The van der Waals surface area contributed by atoms with E-state index in [4.69, 9.17) is 9.15 Å². The lowest BCUT2D eigenvalue weighted by Gasteiger charge is -2.11. The van der Waals surface area contributed by atoms with Crippen molar-refractivity contribution in [2.45, 2.75) is 13.2 Å². The van der Waals surface area contributed by atoms with Gasteiger partial charge in [-0.15, -0.1) is 0 Å². The van der Waals surface area contributed by atoms with E-state index in [1.165, 1.54) is 24.5 Å². The Morgan fingerprint density at radius 3 is 2.63 bits per heavy atom. The minimum Gasteiger partial charge on any atom is -0.467 e. The molecule has 0 aliphatic carbocycles. The lowest BCUT2D eigenvalue weighted by atomic mass is 10.1. The number of aromatic nitrogens is 1. The van der Waals surface area contributed by atoms with Gasteiger partial charge in [-0.2, -0.15) is 0 Å². The number of nitrogens with zero attached hydrogens (tertiary/aromatic N) is 2. The smallest absolute Gasteiger partial charge is 0.338 e. The van der Waals surface area contributed by atoms with E-state index in [1.807, 2.05) is 0 Å². The zero-order valence-electron chi connectivity index (χ0n) is 14.1. The highest BCUT2D eigenvalue weighted by Crippen LogP contribution is 2.26. The lowest BCUT2D eigenvalue weighted by Crippen LogP contribution is -2.28. The molecule has 0 N–H and O–H groups in total. The molecule has 3 aromatic rings. The highest BCUT2D eigenvalue weighted by atomic mass is 16.5. The summed E-state index contributed by atoms with van der Waals surface area (Å²) in [6.07, 6.45) is 3.08. The molecule has 2 aromatic heterocycles. The summed E-state index contributed by atoms with van der Waals surface area (Å²) in [5, 5.41) is 0. The molecule has 7 heteroatoms. The lowest BCUT2D eigenvalue weighted by molar-refractivity contribution is 0.0467. The van der Waals surface area contributed by atoms with E-state index in [2.05, 4.69) is 4.98 Å². The standard InChI is InChI=1S/C20H14N2O5/c23-18-16-7-6-13(20(25)27-12-14-4-1-2-8-21-14)10-17(16)19(24)22(18)11-15-5-3-9-26-15/h1-10H,11-12H2. The first-order valence-corrected chi connectivity index (χ1v) is 8.23. The number of benzene rings is 1. The fourth-order valence-electron chi connectivity index (χ4n) is 2.83. The highest BCUT2D eigenvalue weighted by Gasteiger charge is 2.36. The third kappa shape index (κ3) is 3.22. The molecule has 0 radical (unpaired) electrons. The number of furan rings is 1. The number of rotatable bonds is 5. The summed E-state index contributed by atoms with van der Waals surface area (Å²) in [5.41, 5.74) is 1.25. The van der Waals surface area contributed by atoms with Gasteiger partial charge in [-0.25, -0.2) is 4.79 Å². The molecule has 27 heavy (non-hydrogen) atoms. The van der Waals surface area contributed by atoms with Crippen molar-refractivity contribution in [2.75, 3.05) is 0 Å². The molecular weight excluding hydrogens is 348 g/mol. The molecule has 1 aliphatic rings. The van der Waals surface area contributed by atoms with Crippen molar-refractivity contribution in [1.29, 1.82) is 0 Å². The molecule has 0 fully saturated rings. The third-order valence-electron chi connectivity index (χ3n) is 4.18. The van der Waals surface area contributed by atoms with Crippen LogP contribution in [-0.4, -0.2) is 27.7 Å². The number of pyridine rings is 1. The summed E-state index contributed by atoms with van der Waals surface area (Å²) in [6.45, 7) is 0.0626. The van der Waals surface area contributed by atoms with Gasteiger partial charge in [-0.1, -0.05) is 6.07 Å². The number of carbonyl (C=O) groups is 3. The van der Waals surface area contributed by atoms with Gasteiger partial charge < -0.3 is 9.15 Å². The van der Waals surface area contributed by atoms with E-state index in [1.54, 1.807) is 36.5 Å². The Bertz CT molecular complexity index is 1010. The summed E-state index contributed by atoms with van der Waals surface area (Å²) in [4.78, 5) is 42.5. The monoisotopic (exact) mass is 362 g/mol. The molecule has 7 nitrogen and oxygen atoms in total. The Morgan fingerprint density at radius 1 is 1.04 bits per heavy atom. The molecule has 3 heterocycles. The van der Waals surface area contributed by atoms with Crippen LogP contribution in [0.15, 0.2) is 65.4 Å². The van der Waals surface area contributed by atoms with E-state index >= 15 is 0 Å². The largest absolute Gasteiger partial charge is 0.467 e. The van der Waals surface area contributed by atoms with E-state index < -0.39 is 17.8 Å². The molecule has 0 saturated heterocycles. The Balaban J connectivity index is 1.51. The van der Waals surface area contributed by atoms with Crippen molar-refractivity contribution in [3.05, 3.63) is 89.1 Å². The maximum absolute atomic E-state index is 12.6. The van der Waals surface area contributed by atoms with Crippen LogP contribution >= 0.6 is 0 Å². The predicted octanol–water partition coefficient (Wildman–Crippen LogP) is 2.83. The van der Waals surface area contributed by atoms with Gasteiger partial charge >= 0.3 is 5.97 Å². The SMILES string of the molecule is O=C(OCc1ccccn1)c1ccc2c(c1)C(=O)N(Cc1ccco1)C2=O. The first-order chi connectivity index (χ1) is 13.1. The average Bonchev–Trinajstić information content (AvgIpc) is 3.30. The summed E-state index contributed by atoms with van der Waals surface area (Å²) in [5.74, 6) is -0.974. The van der Waals surface area contributed by atoms with Crippen LogP contribution in [0.4, 0.5) is 0 Å². The molecule has 0 saturated carbocycles. The molecule has 0 spiro atoms. The molecule has 0 atom stereocenters. The normalized spacial score (nSPS) is 13.0. The topological polar surface area (TPSA) is 89.7 Å². The van der Waals surface area contributed by atoms with Gasteiger partial charge in [0, 0.05) is 6.20 Å². The zero-order valence-corrected chi connectivity index (χ0v) is 14.1. The summed E-state index contributed by atoms with van der Waals surface area (Å²) in [7, 11) is 0. The van der Waals surface area contributed by atoms with Gasteiger partial charge in [-0.05, 0) is 42.5 Å². The van der Waals surface area contributed by atoms with Gasteiger partial charge in [-0.3, -0.25) is 19.5 Å². The quantitative estimate of drug-likeness (QED) is 0.512. The van der Waals surface area contributed by atoms with Crippen LogP contribution in [0, 0.1) is 0 Å². The first-order valence-electron chi connectivity index (χ1n) is 8.23. The number of imide groups is 1. The number of esters is 1. The van der Waals surface area contributed by atoms with E-state index in [0.29, 0.717) is 11.5 Å². The van der Waals surface area contributed by atoms with Crippen molar-refractivity contribution in [1.82, 2.24) is 9.88 Å². The van der Waals surface area contributed by atoms with Crippen molar-refractivity contribution < 1.29 is 23.5 Å². The van der Waals surface area contributed by atoms with Gasteiger partial charge in [0.2, 0.25) is 0 Å². The minimum atomic E-state index is -0.590. The summed E-state index contributed by atoms with van der Waals surface area (Å²) < 4.78 is 10.4. The summed E-state index contributed by atoms with van der Waals surface area (Å²) >= 11 is 0. The zero-order chi connectivity index (χ0) is 18.8. The second kappa shape index (κ2) is 6.87. The minimum absolute atomic E-state index is 0.0221. The van der Waals surface area contributed by atoms with Crippen LogP contribution in [0.2, 0.25) is 0 Å². The van der Waals surface area contributed by atoms with Crippen LogP contribution in [0.5, 0.6) is 0 Å². The first kappa shape index (κ1) is 16.7. The average molecular weight is 362 g/mol. The van der Waals surface area contributed by atoms with E-state index in [9.17, 15) is 14.4 Å². The Hall–Kier alpha value is -3.74. The number of carbonyl (C=O) groups excluding carboxylic acids is 3. The number of fused-ring (bicyclic) bond motifs is 1. The van der Waals surface area contributed by atoms with Gasteiger partial charge in [0.1, 0.15) is 12.4 Å². The second-order valence-electron chi connectivity index (χ2n) is 5.93. The van der Waals surface area contributed by atoms with Crippen molar-refractivity contribution >= 4 is 17.8 Å². The van der Waals surface area contributed by atoms with Crippen molar-refractivity contribution in [3.8, 4) is 0 Å². The maximum Gasteiger partial charge on any atom is 0.338 e. The second-order valence-corrected chi connectivity index (χ2v) is 5.93. The Labute approximate surface area is 154 Å². The molecule has 0 unspecified atom stereocenters. The molecule has 134 valence electrons. The van der Waals surface area contributed by atoms with Crippen LogP contribution < -0.4 is 0 Å². The van der Waals surface area contributed by atoms with Gasteiger partial charge in [0.25, 0.3) is 11.8 Å². The maximum atomic E-state index is 12.6. The molecule has 4 rings (SSSR count). The predicted molar refractivity (Wildman–Crippen MR) is 92.7 cm³/mol. The van der Waals surface area contributed by atoms with Gasteiger partial charge in [0.15, 0.2) is 0 Å². The van der Waals surface area contributed by atoms with Gasteiger partial charge in [0.05, 0.1) is 35.2 Å². The number of amides is 2. The Morgan fingerprint density at radius 2 is 1.89 bits per heavy atom.